The highest BCUT2D eigenvalue weighted by molar-refractivity contribution is 7.99. The predicted octanol–water partition coefficient (Wildman–Crippen LogP) is 3.97. The van der Waals surface area contributed by atoms with E-state index in [2.05, 4.69) is 52.2 Å². The van der Waals surface area contributed by atoms with Gasteiger partial charge in [0.2, 0.25) is 0 Å². The lowest BCUT2D eigenvalue weighted by Gasteiger charge is -2.13. The monoisotopic (exact) mass is 377 g/mol. The highest BCUT2D eigenvalue weighted by Crippen LogP contribution is 2.33. The van der Waals surface area contributed by atoms with Gasteiger partial charge in [0.25, 0.3) is 5.56 Å². The van der Waals surface area contributed by atoms with Gasteiger partial charge in [0.05, 0.1) is 21.8 Å². The summed E-state index contributed by atoms with van der Waals surface area (Å²) in [7, 11) is 0. The largest absolute Gasteiger partial charge is 0.309 e. The zero-order valence-corrected chi connectivity index (χ0v) is 16.1. The van der Waals surface area contributed by atoms with Crippen LogP contribution in [-0.4, -0.2) is 24.7 Å². The van der Waals surface area contributed by atoms with Gasteiger partial charge >= 0.3 is 0 Å². The van der Waals surface area contributed by atoms with E-state index in [0.717, 1.165) is 16.4 Å². The van der Waals surface area contributed by atoms with Crippen LogP contribution in [0.5, 0.6) is 0 Å². The average Bonchev–Trinajstić information content (AvgIpc) is 3.09. The summed E-state index contributed by atoms with van der Waals surface area (Å²) >= 11 is 1.51. The van der Waals surface area contributed by atoms with Gasteiger partial charge in [-0.3, -0.25) is 9.36 Å². The maximum Gasteiger partial charge on any atom is 0.258 e. The average molecular weight is 377 g/mol. The van der Waals surface area contributed by atoms with Crippen LogP contribution in [0, 0.1) is 13.8 Å². The van der Waals surface area contributed by atoms with E-state index in [-0.39, 0.29) is 10.8 Å². The van der Waals surface area contributed by atoms with E-state index in [1.54, 1.807) is 12.4 Å². The summed E-state index contributed by atoms with van der Waals surface area (Å²) in [6, 6.07) is 13.6. The first-order valence-electron chi connectivity index (χ1n) is 8.66. The van der Waals surface area contributed by atoms with E-state index >= 15 is 0 Å². The number of nitrogens with one attached hydrogen (secondary N) is 1. The van der Waals surface area contributed by atoms with Gasteiger partial charge in [0.15, 0.2) is 5.16 Å². The summed E-state index contributed by atoms with van der Waals surface area (Å²) in [5.41, 5.74) is 3.98. The summed E-state index contributed by atoms with van der Waals surface area (Å²) < 4.78 is 1.97. The molecule has 0 saturated heterocycles. The maximum absolute atomic E-state index is 12.3. The molecule has 0 bridgehead atoms. The minimum atomic E-state index is -0.126. The molecule has 4 rings (SSSR count). The van der Waals surface area contributed by atoms with Gasteiger partial charge in [0, 0.05) is 0 Å². The van der Waals surface area contributed by atoms with Crippen molar-refractivity contribution in [1.82, 2.24) is 24.7 Å². The van der Waals surface area contributed by atoms with Crippen molar-refractivity contribution in [2.45, 2.75) is 31.2 Å². The number of nitrogens with zero attached hydrogens (tertiary/aromatic N) is 4. The first-order valence-corrected chi connectivity index (χ1v) is 9.54. The number of fused-ring (bicyclic) bond motifs is 1. The Morgan fingerprint density at radius 1 is 1.15 bits per heavy atom. The summed E-state index contributed by atoms with van der Waals surface area (Å²) in [4.78, 5) is 19.8. The molecule has 7 heteroatoms. The Balaban J connectivity index is 1.68. The molecule has 136 valence electrons. The first kappa shape index (κ1) is 17.5. The number of hydrogen-bond donors (Lipinski definition) is 1. The van der Waals surface area contributed by atoms with E-state index < -0.39 is 0 Å². The van der Waals surface area contributed by atoms with E-state index in [4.69, 9.17) is 0 Å². The van der Waals surface area contributed by atoms with E-state index in [1.165, 1.54) is 17.3 Å². The number of rotatable bonds is 4. The molecule has 0 amide bonds. The SMILES string of the molecule is Cc1ccc(-n2cnnc2S[C@@H](C)c2nc3ccccc3c(=O)[nH]2)c(C)c1. The van der Waals surface area contributed by atoms with Gasteiger partial charge in [0.1, 0.15) is 12.2 Å². The van der Waals surface area contributed by atoms with Crippen LogP contribution in [0.15, 0.2) is 58.7 Å². The molecule has 1 N–H and O–H groups in total. The normalized spacial score (nSPS) is 12.4. The molecule has 6 nitrogen and oxygen atoms in total. The van der Waals surface area contributed by atoms with Crippen LogP contribution in [0.1, 0.15) is 29.1 Å². The fourth-order valence-electron chi connectivity index (χ4n) is 3.06. The van der Waals surface area contributed by atoms with Crippen LogP contribution < -0.4 is 5.56 Å². The van der Waals surface area contributed by atoms with Crippen molar-refractivity contribution in [3.63, 3.8) is 0 Å². The molecule has 0 unspecified atom stereocenters. The van der Waals surface area contributed by atoms with Crippen molar-refractivity contribution in [1.29, 1.82) is 0 Å². The van der Waals surface area contributed by atoms with Gasteiger partial charge in [-0.25, -0.2) is 4.98 Å². The van der Waals surface area contributed by atoms with Crippen LogP contribution in [0.25, 0.3) is 16.6 Å². The highest BCUT2D eigenvalue weighted by atomic mass is 32.2. The number of benzene rings is 2. The Hall–Kier alpha value is -2.93. The Labute approximate surface area is 160 Å². The van der Waals surface area contributed by atoms with Gasteiger partial charge in [-0.05, 0) is 44.5 Å². The van der Waals surface area contributed by atoms with E-state index in [1.807, 2.05) is 29.7 Å². The third-order valence-corrected chi connectivity index (χ3v) is 5.49. The molecular weight excluding hydrogens is 358 g/mol. The molecule has 27 heavy (non-hydrogen) atoms. The van der Waals surface area contributed by atoms with Crippen LogP contribution >= 0.6 is 11.8 Å². The van der Waals surface area contributed by atoms with Gasteiger partial charge in [-0.15, -0.1) is 10.2 Å². The predicted molar refractivity (Wildman–Crippen MR) is 107 cm³/mol. The first-order chi connectivity index (χ1) is 13.0. The summed E-state index contributed by atoms with van der Waals surface area (Å²) in [5.74, 6) is 0.624. The second kappa shape index (κ2) is 7.00. The molecule has 0 fully saturated rings. The number of hydrogen-bond acceptors (Lipinski definition) is 5. The molecule has 0 saturated carbocycles. The lowest BCUT2D eigenvalue weighted by atomic mass is 10.1. The van der Waals surface area contributed by atoms with Crippen molar-refractivity contribution >= 4 is 22.7 Å². The van der Waals surface area contributed by atoms with Gasteiger partial charge < -0.3 is 4.98 Å². The highest BCUT2D eigenvalue weighted by Gasteiger charge is 2.17. The Morgan fingerprint density at radius 3 is 2.78 bits per heavy atom. The number of aryl methyl sites for hydroxylation is 2. The third kappa shape index (κ3) is 3.38. The van der Waals surface area contributed by atoms with E-state index in [0.29, 0.717) is 16.7 Å². The number of para-hydroxylation sites is 1. The lowest BCUT2D eigenvalue weighted by molar-refractivity contribution is 0.857. The fourth-order valence-corrected chi connectivity index (χ4v) is 3.95. The molecular formula is C20H19N5OS. The fraction of sp³-hybridized carbons (Fsp3) is 0.200. The van der Waals surface area contributed by atoms with E-state index in [9.17, 15) is 4.79 Å². The third-order valence-electron chi connectivity index (χ3n) is 4.43. The number of aromatic nitrogens is 5. The second-order valence-electron chi connectivity index (χ2n) is 6.50. The molecule has 0 spiro atoms. The van der Waals surface area contributed by atoms with Crippen molar-refractivity contribution in [3.05, 3.63) is 76.1 Å². The Bertz CT molecular complexity index is 1180. The minimum absolute atomic E-state index is 0.0870. The second-order valence-corrected chi connectivity index (χ2v) is 7.81. The van der Waals surface area contributed by atoms with Crippen LogP contribution in [-0.2, 0) is 0 Å². The molecule has 0 aliphatic carbocycles. The minimum Gasteiger partial charge on any atom is -0.309 e. The molecule has 4 aromatic rings. The van der Waals surface area contributed by atoms with Crippen molar-refractivity contribution in [2.24, 2.45) is 0 Å². The summed E-state index contributed by atoms with van der Waals surface area (Å²) in [5, 5.41) is 9.60. The number of aromatic amines is 1. The van der Waals surface area contributed by atoms with Crippen LogP contribution in [0.4, 0.5) is 0 Å². The molecule has 0 aliphatic heterocycles. The quantitative estimate of drug-likeness (QED) is 0.545. The van der Waals surface area contributed by atoms with Crippen LogP contribution in [0.2, 0.25) is 0 Å². The molecule has 2 aromatic carbocycles. The standard InChI is InChI=1S/C20H19N5OS/c1-12-8-9-17(13(2)10-12)25-11-21-24-20(25)27-14(3)18-22-16-7-5-4-6-15(16)19(26)23-18/h4-11,14H,1-3H3,(H,22,23,26)/t14-/m0/s1. The van der Waals surface area contributed by atoms with Gasteiger partial charge in [-0.2, -0.15) is 0 Å². The van der Waals surface area contributed by atoms with Crippen LogP contribution in [0.3, 0.4) is 0 Å². The number of thioether (sulfide) groups is 1. The summed E-state index contributed by atoms with van der Waals surface area (Å²) in [6.07, 6.45) is 1.71. The number of H-pyrrole nitrogens is 1. The van der Waals surface area contributed by atoms with Gasteiger partial charge in [-0.1, -0.05) is 41.6 Å². The Kier molecular flexibility index (Phi) is 4.53. The van der Waals surface area contributed by atoms with Crippen molar-refractivity contribution in [2.75, 3.05) is 0 Å². The molecule has 2 heterocycles. The lowest BCUT2D eigenvalue weighted by Crippen LogP contribution is -2.13. The summed E-state index contributed by atoms with van der Waals surface area (Å²) in [6.45, 7) is 6.14. The maximum atomic E-state index is 12.3. The molecule has 1 atom stereocenters. The van der Waals surface area contributed by atoms with Crippen molar-refractivity contribution < 1.29 is 0 Å². The smallest absolute Gasteiger partial charge is 0.258 e. The molecule has 0 radical (unpaired) electrons. The van der Waals surface area contributed by atoms with Crippen molar-refractivity contribution in [3.8, 4) is 5.69 Å². The zero-order chi connectivity index (χ0) is 19.0. The zero-order valence-electron chi connectivity index (χ0n) is 15.3. The topological polar surface area (TPSA) is 76.5 Å². The molecule has 2 aromatic heterocycles. The molecule has 0 aliphatic rings. The Morgan fingerprint density at radius 2 is 1.96 bits per heavy atom.